The fraction of sp³-hybridized carbons (Fsp3) is 0.538. The molecule has 1 aromatic rings. The summed E-state index contributed by atoms with van der Waals surface area (Å²) < 4.78 is 0.328. The molecular weight excluding hydrogens is 244 g/mol. The van der Waals surface area contributed by atoms with E-state index in [4.69, 9.17) is 11.1 Å². The number of pyridine rings is 1. The number of nitrogens with two attached hydrogens (primary N) is 1. The highest BCUT2D eigenvalue weighted by Crippen LogP contribution is 2.30. The van der Waals surface area contributed by atoms with Gasteiger partial charge in [0.15, 0.2) is 0 Å². The highest BCUT2D eigenvalue weighted by atomic mass is 32.2. The van der Waals surface area contributed by atoms with Crippen molar-refractivity contribution in [2.45, 2.75) is 25.1 Å². The van der Waals surface area contributed by atoms with Crippen molar-refractivity contribution in [2.75, 3.05) is 18.8 Å². The number of amidine groups is 1. The molecule has 5 heteroatoms. The first-order valence-corrected chi connectivity index (χ1v) is 7.10. The summed E-state index contributed by atoms with van der Waals surface area (Å²) in [7, 11) is 0. The van der Waals surface area contributed by atoms with Gasteiger partial charge in [0, 0.05) is 36.3 Å². The van der Waals surface area contributed by atoms with E-state index < -0.39 is 0 Å². The zero-order valence-electron chi connectivity index (χ0n) is 10.9. The third kappa shape index (κ3) is 3.46. The van der Waals surface area contributed by atoms with Crippen LogP contribution in [0.2, 0.25) is 0 Å². The van der Waals surface area contributed by atoms with Crippen LogP contribution in [0.5, 0.6) is 0 Å². The van der Waals surface area contributed by atoms with Gasteiger partial charge in [0.1, 0.15) is 11.5 Å². The van der Waals surface area contributed by atoms with Crippen molar-refractivity contribution in [1.29, 1.82) is 5.41 Å². The van der Waals surface area contributed by atoms with Crippen molar-refractivity contribution in [2.24, 2.45) is 5.73 Å². The highest BCUT2D eigenvalue weighted by Gasteiger charge is 2.26. The van der Waals surface area contributed by atoms with Gasteiger partial charge in [-0.05, 0) is 31.5 Å². The van der Waals surface area contributed by atoms with E-state index in [2.05, 4.69) is 23.7 Å². The van der Waals surface area contributed by atoms with E-state index in [0.717, 1.165) is 19.6 Å². The topological polar surface area (TPSA) is 66.0 Å². The van der Waals surface area contributed by atoms with Gasteiger partial charge in [-0.3, -0.25) is 15.3 Å². The molecule has 2 rings (SSSR count). The summed E-state index contributed by atoms with van der Waals surface area (Å²) in [4.78, 5) is 6.54. The average Bonchev–Trinajstić information content (AvgIpc) is 2.28. The molecule has 98 valence electrons. The molecule has 1 fully saturated rings. The Morgan fingerprint density at radius 2 is 2.39 bits per heavy atom. The number of rotatable bonds is 3. The zero-order chi connectivity index (χ0) is 13.2. The fourth-order valence-corrected chi connectivity index (χ4v) is 3.40. The number of aromatic nitrogens is 1. The van der Waals surface area contributed by atoms with Gasteiger partial charge in [-0.25, -0.2) is 0 Å². The van der Waals surface area contributed by atoms with Gasteiger partial charge < -0.3 is 5.73 Å². The van der Waals surface area contributed by atoms with Gasteiger partial charge >= 0.3 is 0 Å². The van der Waals surface area contributed by atoms with Gasteiger partial charge in [-0.15, -0.1) is 0 Å². The second-order valence-electron chi connectivity index (χ2n) is 5.28. The van der Waals surface area contributed by atoms with Crippen molar-refractivity contribution in [3.8, 4) is 0 Å². The van der Waals surface area contributed by atoms with Crippen molar-refractivity contribution in [1.82, 2.24) is 9.88 Å². The fourth-order valence-electron chi connectivity index (χ4n) is 2.23. The maximum absolute atomic E-state index is 7.41. The molecule has 0 atom stereocenters. The molecule has 0 amide bonds. The first-order chi connectivity index (χ1) is 8.46. The molecule has 0 bridgehead atoms. The number of hydrogen-bond donors (Lipinski definition) is 2. The molecule has 2 heterocycles. The van der Waals surface area contributed by atoms with Crippen LogP contribution in [0.1, 0.15) is 25.1 Å². The zero-order valence-corrected chi connectivity index (χ0v) is 11.8. The Labute approximate surface area is 112 Å². The largest absolute Gasteiger partial charge is 0.382 e. The summed E-state index contributed by atoms with van der Waals surface area (Å²) >= 11 is 2.03. The first kappa shape index (κ1) is 13.4. The highest BCUT2D eigenvalue weighted by molar-refractivity contribution is 8.00. The normalized spacial score (nSPS) is 19.7. The lowest BCUT2D eigenvalue weighted by molar-refractivity contribution is 0.252. The molecule has 1 aliphatic rings. The van der Waals surface area contributed by atoms with E-state index in [1.807, 2.05) is 23.9 Å². The van der Waals surface area contributed by atoms with E-state index in [1.165, 1.54) is 11.3 Å². The van der Waals surface area contributed by atoms with Crippen LogP contribution in [0.3, 0.4) is 0 Å². The van der Waals surface area contributed by atoms with E-state index in [9.17, 15) is 0 Å². The summed E-state index contributed by atoms with van der Waals surface area (Å²) in [5.74, 6) is 1.21. The Kier molecular flexibility index (Phi) is 3.92. The Bertz CT molecular complexity index is 444. The lowest BCUT2D eigenvalue weighted by atomic mass is 10.1. The molecule has 1 aliphatic heterocycles. The molecule has 1 saturated heterocycles. The van der Waals surface area contributed by atoms with Gasteiger partial charge in [0.05, 0.1) is 0 Å². The van der Waals surface area contributed by atoms with Gasteiger partial charge in [-0.2, -0.15) is 11.8 Å². The lowest BCUT2D eigenvalue weighted by Crippen LogP contribution is -2.42. The molecule has 3 N–H and O–H groups in total. The molecule has 0 spiro atoms. The van der Waals surface area contributed by atoms with E-state index in [1.54, 1.807) is 6.20 Å². The Hall–Kier alpha value is -1.07. The van der Waals surface area contributed by atoms with Crippen LogP contribution in [-0.2, 0) is 6.54 Å². The van der Waals surface area contributed by atoms with Crippen molar-refractivity contribution >= 4 is 17.6 Å². The van der Waals surface area contributed by atoms with Crippen LogP contribution in [0.4, 0.5) is 0 Å². The maximum Gasteiger partial charge on any atom is 0.141 e. The van der Waals surface area contributed by atoms with Gasteiger partial charge in [0.2, 0.25) is 0 Å². The quantitative estimate of drug-likeness (QED) is 0.644. The van der Waals surface area contributed by atoms with Crippen LogP contribution in [0, 0.1) is 5.41 Å². The number of nitrogens with one attached hydrogen (secondary N) is 1. The SMILES string of the molecule is CC1(C)CN(Cc2ccnc(C(=N)N)c2)CCS1. The number of nitrogens with zero attached hydrogens (tertiary/aromatic N) is 2. The van der Waals surface area contributed by atoms with Crippen LogP contribution in [-0.4, -0.2) is 39.3 Å². The molecule has 0 saturated carbocycles. The maximum atomic E-state index is 7.41. The van der Waals surface area contributed by atoms with E-state index >= 15 is 0 Å². The second-order valence-corrected chi connectivity index (χ2v) is 7.08. The Balaban J connectivity index is 2.05. The van der Waals surface area contributed by atoms with Crippen LogP contribution >= 0.6 is 11.8 Å². The molecule has 0 aromatic carbocycles. The third-order valence-electron chi connectivity index (χ3n) is 3.01. The predicted octanol–water partition coefficient (Wildman–Crippen LogP) is 1.69. The number of hydrogen-bond acceptors (Lipinski definition) is 4. The lowest BCUT2D eigenvalue weighted by Gasteiger charge is -2.37. The Morgan fingerprint density at radius 1 is 1.61 bits per heavy atom. The van der Waals surface area contributed by atoms with Crippen LogP contribution in [0.25, 0.3) is 0 Å². The molecular formula is C13H20N4S. The minimum absolute atomic E-state index is 0.0337. The monoisotopic (exact) mass is 264 g/mol. The molecule has 0 radical (unpaired) electrons. The average molecular weight is 264 g/mol. The summed E-state index contributed by atoms with van der Waals surface area (Å²) in [6.45, 7) is 7.70. The number of nitrogen functional groups attached to an aromatic ring is 1. The standard InChI is InChI=1S/C13H20N4S/c1-13(2)9-17(5-6-18-13)8-10-3-4-16-11(7-10)12(14)15/h3-4,7H,5-6,8-9H2,1-2H3,(H3,14,15). The minimum atomic E-state index is 0.0337. The number of thioether (sulfide) groups is 1. The molecule has 0 unspecified atom stereocenters. The summed E-state index contributed by atoms with van der Waals surface area (Å²) in [5, 5.41) is 7.41. The van der Waals surface area contributed by atoms with Crippen molar-refractivity contribution in [3.63, 3.8) is 0 Å². The smallest absolute Gasteiger partial charge is 0.141 e. The van der Waals surface area contributed by atoms with Crippen LogP contribution in [0.15, 0.2) is 18.3 Å². The predicted molar refractivity (Wildman–Crippen MR) is 77.1 cm³/mol. The Morgan fingerprint density at radius 3 is 3.06 bits per heavy atom. The van der Waals surface area contributed by atoms with Crippen molar-refractivity contribution in [3.05, 3.63) is 29.6 Å². The second kappa shape index (κ2) is 5.28. The van der Waals surface area contributed by atoms with Crippen LogP contribution < -0.4 is 5.73 Å². The molecule has 18 heavy (non-hydrogen) atoms. The van der Waals surface area contributed by atoms with Gasteiger partial charge in [-0.1, -0.05) is 0 Å². The first-order valence-electron chi connectivity index (χ1n) is 6.12. The summed E-state index contributed by atoms with van der Waals surface area (Å²) in [6, 6.07) is 3.91. The minimum Gasteiger partial charge on any atom is -0.382 e. The third-order valence-corrected chi connectivity index (χ3v) is 4.31. The molecule has 1 aromatic heterocycles. The molecule has 4 nitrogen and oxygen atoms in total. The van der Waals surface area contributed by atoms with Gasteiger partial charge in [0.25, 0.3) is 0 Å². The van der Waals surface area contributed by atoms with Crippen molar-refractivity contribution < 1.29 is 0 Å². The van der Waals surface area contributed by atoms with E-state index in [-0.39, 0.29) is 5.84 Å². The summed E-state index contributed by atoms with van der Waals surface area (Å²) in [6.07, 6.45) is 1.73. The molecule has 0 aliphatic carbocycles. The summed E-state index contributed by atoms with van der Waals surface area (Å²) in [5.41, 5.74) is 7.21. The van der Waals surface area contributed by atoms with E-state index in [0.29, 0.717) is 10.4 Å².